The fourth-order valence-electron chi connectivity index (χ4n) is 2.91. The maximum atomic E-state index is 11.9. The number of ether oxygens (including phenoxy) is 3. The van der Waals surface area contributed by atoms with Gasteiger partial charge in [-0.1, -0.05) is 6.07 Å². The quantitative estimate of drug-likeness (QED) is 0.194. The van der Waals surface area contributed by atoms with Crippen LogP contribution in [0.25, 0.3) is 6.08 Å². The predicted molar refractivity (Wildman–Crippen MR) is 125 cm³/mol. The largest absolute Gasteiger partial charge is 0.500 e. The molecule has 0 spiro atoms. The van der Waals surface area contributed by atoms with Gasteiger partial charge in [0.25, 0.3) is 0 Å². The standard InChI is InChI=1S/C22H35NO9Si/c1-5-30-33(31-6-2,32-7-3)16-8-13-23-22(26)29-15-14-28-19-11-9-18(10-12-21(24)25)17-20(19)27-4/h9-12,17H,5-8,13-16H2,1-4H3,(H,23,26)(H,24,25)/b12-10+. The van der Waals surface area contributed by atoms with Crippen LogP contribution in [0.1, 0.15) is 32.8 Å². The first-order chi connectivity index (χ1) is 15.9. The number of carboxylic acid groups (broad SMARTS) is 1. The van der Waals surface area contributed by atoms with Crippen molar-refractivity contribution >= 4 is 26.9 Å². The van der Waals surface area contributed by atoms with Gasteiger partial charge in [-0.05, 0) is 51.0 Å². The Kier molecular flexibility index (Phi) is 13.9. The number of methoxy groups -OCH3 is 1. The molecular formula is C22H35NO9Si. The minimum Gasteiger partial charge on any atom is -0.493 e. The Morgan fingerprint density at radius 3 is 2.27 bits per heavy atom. The summed E-state index contributed by atoms with van der Waals surface area (Å²) in [6, 6.07) is 5.61. The maximum Gasteiger partial charge on any atom is 0.500 e. The molecule has 1 aromatic rings. The Balaban J connectivity index is 2.38. The number of hydrogen-bond acceptors (Lipinski definition) is 8. The van der Waals surface area contributed by atoms with Gasteiger partial charge in [-0.3, -0.25) is 0 Å². The van der Waals surface area contributed by atoms with Crippen LogP contribution >= 0.6 is 0 Å². The molecule has 0 saturated heterocycles. The van der Waals surface area contributed by atoms with Crippen LogP contribution in [0.3, 0.4) is 0 Å². The van der Waals surface area contributed by atoms with Crippen molar-refractivity contribution in [3.63, 3.8) is 0 Å². The number of carboxylic acids is 1. The van der Waals surface area contributed by atoms with E-state index in [1.54, 1.807) is 18.2 Å². The van der Waals surface area contributed by atoms with Gasteiger partial charge in [-0.25, -0.2) is 9.59 Å². The van der Waals surface area contributed by atoms with Gasteiger partial charge in [0.2, 0.25) is 0 Å². The lowest BCUT2D eigenvalue weighted by molar-refractivity contribution is -0.131. The highest BCUT2D eigenvalue weighted by Gasteiger charge is 2.39. The molecule has 1 rings (SSSR count). The first-order valence-electron chi connectivity index (χ1n) is 10.9. The van der Waals surface area contributed by atoms with Gasteiger partial charge in [0.1, 0.15) is 13.2 Å². The average molecular weight is 486 g/mol. The van der Waals surface area contributed by atoms with Crippen molar-refractivity contribution in [1.29, 1.82) is 0 Å². The molecule has 11 heteroatoms. The Morgan fingerprint density at radius 2 is 1.70 bits per heavy atom. The van der Waals surface area contributed by atoms with Crippen LogP contribution in [0.5, 0.6) is 11.5 Å². The lowest BCUT2D eigenvalue weighted by atomic mass is 10.2. The van der Waals surface area contributed by atoms with E-state index in [1.807, 2.05) is 20.8 Å². The third-order valence-corrected chi connectivity index (χ3v) is 7.35. The van der Waals surface area contributed by atoms with Gasteiger partial charge in [0.05, 0.1) is 7.11 Å². The summed E-state index contributed by atoms with van der Waals surface area (Å²) in [5.74, 6) is -0.139. The van der Waals surface area contributed by atoms with E-state index in [9.17, 15) is 9.59 Å². The molecule has 0 bridgehead atoms. The molecule has 1 aromatic carbocycles. The van der Waals surface area contributed by atoms with Gasteiger partial charge in [-0.2, -0.15) is 0 Å². The molecule has 0 aliphatic rings. The molecule has 186 valence electrons. The summed E-state index contributed by atoms with van der Waals surface area (Å²) < 4.78 is 33.3. The van der Waals surface area contributed by atoms with E-state index >= 15 is 0 Å². The van der Waals surface area contributed by atoms with Crippen LogP contribution in [0.4, 0.5) is 4.79 Å². The van der Waals surface area contributed by atoms with Gasteiger partial charge < -0.3 is 37.9 Å². The number of amides is 1. The SMILES string of the molecule is CCO[Si](CCCNC(=O)OCCOc1ccc(/C=C/C(=O)O)cc1OC)(OCC)OCC. The summed E-state index contributed by atoms with van der Waals surface area (Å²) in [5.41, 5.74) is 0.655. The first-order valence-corrected chi connectivity index (χ1v) is 12.9. The van der Waals surface area contributed by atoms with Crippen LogP contribution in [-0.4, -0.2) is 72.7 Å². The Morgan fingerprint density at radius 1 is 1.03 bits per heavy atom. The van der Waals surface area contributed by atoms with Crippen LogP contribution in [0.15, 0.2) is 24.3 Å². The number of alkyl carbamates (subject to hydrolysis) is 1. The van der Waals surface area contributed by atoms with Crippen molar-refractivity contribution in [2.45, 2.75) is 33.2 Å². The summed E-state index contributed by atoms with van der Waals surface area (Å²) in [6.45, 7) is 7.81. The maximum absolute atomic E-state index is 11.9. The number of aliphatic carboxylic acids is 1. The summed E-state index contributed by atoms with van der Waals surface area (Å²) in [6.07, 6.45) is 2.58. The molecule has 0 aliphatic heterocycles. The molecule has 0 aromatic heterocycles. The molecule has 0 unspecified atom stereocenters. The fraction of sp³-hybridized carbons (Fsp3) is 0.545. The zero-order valence-corrected chi connectivity index (χ0v) is 20.8. The van der Waals surface area contributed by atoms with E-state index in [2.05, 4.69) is 5.32 Å². The normalized spacial score (nSPS) is 11.4. The Bertz CT molecular complexity index is 740. The number of nitrogens with one attached hydrogen (secondary N) is 1. The van der Waals surface area contributed by atoms with Crippen molar-refractivity contribution in [3.8, 4) is 11.5 Å². The van der Waals surface area contributed by atoms with E-state index in [-0.39, 0.29) is 13.2 Å². The molecule has 0 atom stereocenters. The van der Waals surface area contributed by atoms with Gasteiger partial charge >= 0.3 is 20.9 Å². The Labute approximate surface area is 196 Å². The number of hydrogen-bond donors (Lipinski definition) is 2. The highest BCUT2D eigenvalue weighted by molar-refractivity contribution is 6.60. The monoisotopic (exact) mass is 485 g/mol. The van der Waals surface area contributed by atoms with Crippen LogP contribution < -0.4 is 14.8 Å². The molecule has 0 heterocycles. The number of rotatable bonds is 17. The smallest absolute Gasteiger partial charge is 0.493 e. The summed E-state index contributed by atoms with van der Waals surface area (Å²) in [5, 5.41) is 11.4. The van der Waals surface area contributed by atoms with E-state index in [4.69, 9.17) is 32.6 Å². The highest BCUT2D eigenvalue weighted by Crippen LogP contribution is 2.28. The van der Waals surface area contributed by atoms with Crippen molar-refractivity contribution in [2.75, 3.05) is 46.7 Å². The second kappa shape index (κ2) is 16.1. The molecule has 33 heavy (non-hydrogen) atoms. The first kappa shape index (κ1) is 28.4. The topological polar surface area (TPSA) is 122 Å². The number of carbonyl (C=O) groups excluding carboxylic acids is 1. The second-order valence-corrected chi connectivity index (χ2v) is 9.31. The van der Waals surface area contributed by atoms with Crippen LogP contribution in [-0.2, 0) is 22.8 Å². The molecule has 1 amide bonds. The summed E-state index contributed by atoms with van der Waals surface area (Å²) in [7, 11) is -1.23. The second-order valence-electron chi connectivity index (χ2n) is 6.58. The third-order valence-electron chi connectivity index (χ3n) is 4.20. The van der Waals surface area contributed by atoms with Gasteiger partial charge in [-0.15, -0.1) is 0 Å². The van der Waals surface area contributed by atoms with E-state index in [0.29, 0.717) is 55.9 Å². The molecule has 0 radical (unpaired) electrons. The van der Waals surface area contributed by atoms with Crippen molar-refractivity contribution in [3.05, 3.63) is 29.8 Å². The lowest BCUT2D eigenvalue weighted by Crippen LogP contribution is -2.46. The molecule has 2 N–H and O–H groups in total. The summed E-state index contributed by atoms with van der Waals surface area (Å²) in [4.78, 5) is 22.5. The fourth-order valence-corrected chi connectivity index (χ4v) is 5.52. The highest BCUT2D eigenvalue weighted by atomic mass is 28.4. The average Bonchev–Trinajstić information content (AvgIpc) is 2.79. The minimum atomic E-state index is -2.72. The van der Waals surface area contributed by atoms with Crippen molar-refractivity contribution < 1.29 is 42.2 Å². The molecular weight excluding hydrogens is 450 g/mol. The van der Waals surface area contributed by atoms with E-state index in [1.165, 1.54) is 13.2 Å². The molecule has 0 fully saturated rings. The van der Waals surface area contributed by atoms with Crippen LogP contribution in [0.2, 0.25) is 6.04 Å². The van der Waals surface area contributed by atoms with Gasteiger partial charge in [0, 0.05) is 38.5 Å². The third kappa shape index (κ3) is 11.2. The lowest BCUT2D eigenvalue weighted by Gasteiger charge is -2.28. The van der Waals surface area contributed by atoms with Crippen molar-refractivity contribution in [1.82, 2.24) is 5.32 Å². The van der Waals surface area contributed by atoms with Gasteiger partial charge in [0.15, 0.2) is 11.5 Å². The molecule has 0 saturated carbocycles. The predicted octanol–water partition coefficient (Wildman–Crippen LogP) is 3.34. The summed E-state index contributed by atoms with van der Waals surface area (Å²) >= 11 is 0. The molecule has 10 nitrogen and oxygen atoms in total. The number of carbonyl (C=O) groups is 2. The zero-order valence-electron chi connectivity index (χ0n) is 19.8. The van der Waals surface area contributed by atoms with Crippen LogP contribution in [0, 0.1) is 0 Å². The van der Waals surface area contributed by atoms with E-state index in [0.717, 1.165) is 6.08 Å². The number of benzene rings is 1. The zero-order chi connectivity index (χ0) is 24.5. The molecule has 0 aliphatic carbocycles. The van der Waals surface area contributed by atoms with E-state index < -0.39 is 20.9 Å². The Hall–Kier alpha value is -2.60. The van der Waals surface area contributed by atoms with Crippen molar-refractivity contribution in [2.24, 2.45) is 0 Å². The minimum absolute atomic E-state index is 0.0468.